The molecule has 4 rings (SSSR count). The number of fused-ring (bicyclic) bond motifs is 1. The van der Waals surface area contributed by atoms with Crippen LogP contribution >= 0.6 is 11.6 Å². The molecule has 0 radical (unpaired) electrons. The minimum absolute atomic E-state index is 0.0158. The molecule has 6 N–H and O–H groups in total. The van der Waals surface area contributed by atoms with E-state index in [2.05, 4.69) is 21.3 Å². The molecule has 11 nitrogen and oxygen atoms in total. The Labute approximate surface area is 299 Å². The van der Waals surface area contributed by atoms with E-state index in [4.69, 9.17) is 16.7 Å². The molecule has 0 aliphatic carbocycles. The highest BCUT2D eigenvalue weighted by molar-refractivity contribution is 6.31. The summed E-state index contributed by atoms with van der Waals surface area (Å²) in [5.41, 5.74) is 1.54. The number of aryl methyl sites for hydroxylation is 1. The molecule has 1 unspecified atom stereocenters. The van der Waals surface area contributed by atoms with Crippen LogP contribution in [0.1, 0.15) is 70.5 Å². The summed E-state index contributed by atoms with van der Waals surface area (Å²) < 4.78 is 27.3. The number of carbonyl (C=O) groups is 5. The largest absolute Gasteiger partial charge is 0.478 e. The Morgan fingerprint density at radius 3 is 2.22 bits per heavy atom. The Kier molecular flexibility index (Phi) is 13.1. The summed E-state index contributed by atoms with van der Waals surface area (Å²) in [5.74, 6) is -4.62. The number of nitrogens with one attached hydrogen (secondary N) is 4. The highest BCUT2D eigenvalue weighted by Crippen LogP contribution is 2.34. The van der Waals surface area contributed by atoms with Gasteiger partial charge in [-0.15, -0.1) is 0 Å². The number of aromatic carboxylic acids is 2. The van der Waals surface area contributed by atoms with Crippen molar-refractivity contribution in [1.82, 2.24) is 16.0 Å². The van der Waals surface area contributed by atoms with Gasteiger partial charge in [-0.05, 0) is 78.6 Å². The summed E-state index contributed by atoms with van der Waals surface area (Å²) in [6, 6.07) is 15.0. The number of amides is 3. The second kappa shape index (κ2) is 17.3. The maximum Gasteiger partial charge on any atom is 0.335 e. The summed E-state index contributed by atoms with van der Waals surface area (Å²) >= 11 is 6.17. The lowest BCUT2D eigenvalue weighted by molar-refractivity contribution is -0.134. The number of hydrogen-bond donors (Lipinski definition) is 6. The van der Waals surface area contributed by atoms with Crippen LogP contribution in [-0.4, -0.2) is 70.5 Å². The van der Waals surface area contributed by atoms with Gasteiger partial charge >= 0.3 is 11.9 Å². The second-order valence-corrected chi connectivity index (χ2v) is 13.4. The predicted octanol–water partition coefficient (Wildman–Crippen LogP) is 5.11. The zero-order valence-electron chi connectivity index (χ0n) is 28.2. The highest BCUT2D eigenvalue weighted by Gasteiger charge is 2.43. The molecule has 0 aromatic heterocycles. The molecule has 51 heavy (non-hydrogen) atoms. The maximum absolute atomic E-state index is 14.3. The van der Waals surface area contributed by atoms with Crippen LogP contribution in [0.25, 0.3) is 0 Å². The van der Waals surface area contributed by atoms with E-state index in [9.17, 15) is 37.9 Å². The molecule has 3 atom stereocenters. The minimum Gasteiger partial charge on any atom is -0.478 e. The van der Waals surface area contributed by atoms with Crippen LogP contribution in [0, 0.1) is 5.92 Å². The molecule has 0 fully saturated rings. The monoisotopic (exact) mass is 726 g/mol. The predicted molar refractivity (Wildman–Crippen MR) is 187 cm³/mol. The van der Waals surface area contributed by atoms with Gasteiger partial charge in [0.1, 0.15) is 17.6 Å². The lowest BCUT2D eigenvalue weighted by Crippen LogP contribution is -2.61. The molecule has 0 saturated heterocycles. The second-order valence-electron chi connectivity index (χ2n) is 13.0. The smallest absolute Gasteiger partial charge is 0.335 e. The first kappa shape index (κ1) is 38.8. The number of hydrogen-bond acceptors (Lipinski definition) is 6. The topological polar surface area (TPSA) is 174 Å². The number of anilines is 1. The van der Waals surface area contributed by atoms with E-state index in [1.807, 2.05) is 38.1 Å². The van der Waals surface area contributed by atoms with Crippen molar-refractivity contribution in [2.45, 2.75) is 76.4 Å². The van der Waals surface area contributed by atoms with E-state index in [1.54, 1.807) is 12.1 Å². The molecular formula is C37H41ClF2N4O7. The molecule has 3 amide bonds. The number of para-hydroxylation sites is 1. The summed E-state index contributed by atoms with van der Waals surface area (Å²) in [5, 5.41) is 30.0. The minimum atomic E-state index is -2.94. The van der Waals surface area contributed by atoms with E-state index < -0.39 is 60.1 Å². The quantitative estimate of drug-likeness (QED) is 0.118. The first-order valence-electron chi connectivity index (χ1n) is 16.5. The fourth-order valence-corrected chi connectivity index (χ4v) is 6.36. The van der Waals surface area contributed by atoms with E-state index in [0.717, 1.165) is 5.56 Å². The van der Waals surface area contributed by atoms with Crippen molar-refractivity contribution in [1.29, 1.82) is 0 Å². The number of carboxylic acids is 2. The first-order valence-corrected chi connectivity index (χ1v) is 16.9. The maximum atomic E-state index is 14.3. The average molecular weight is 727 g/mol. The fourth-order valence-electron chi connectivity index (χ4n) is 6.08. The van der Waals surface area contributed by atoms with Crippen LogP contribution in [0.2, 0.25) is 5.02 Å². The van der Waals surface area contributed by atoms with Gasteiger partial charge in [0.15, 0.2) is 0 Å². The molecule has 0 bridgehead atoms. The number of halogens is 3. The van der Waals surface area contributed by atoms with Gasteiger partial charge in [-0.1, -0.05) is 61.8 Å². The van der Waals surface area contributed by atoms with Gasteiger partial charge < -0.3 is 31.5 Å². The van der Waals surface area contributed by atoms with Gasteiger partial charge in [0, 0.05) is 30.1 Å². The summed E-state index contributed by atoms with van der Waals surface area (Å²) in [7, 11) is 0. The van der Waals surface area contributed by atoms with Crippen LogP contribution in [0.5, 0.6) is 0 Å². The van der Waals surface area contributed by atoms with Gasteiger partial charge in [-0.3, -0.25) is 14.4 Å². The van der Waals surface area contributed by atoms with Crippen molar-refractivity contribution in [3.63, 3.8) is 0 Å². The molecule has 0 saturated carbocycles. The molecular weight excluding hydrogens is 686 g/mol. The molecule has 3 aromatic carbocycles. The Balaban J connectivity index is 1.52. The van der Waals surface area contributed by atoms with E-state index in [0.29, 0.717) is 29.7 Å². The zero-order valence-corrected chi connectivity index (χ0v) is 28.9. The van der Waals surface area contributed by atoms with Crippen molar-refractivity contribution < 1.29 is 43.0 Å². The standard InChI is InChI=1S/C37H41ClF2N4O7/c1-21(2)16-29(33(46)42-30(19-31(39)40)32(45)41-15-13-23-10-11-26(35(49)50)18-27(23)38)43-36(51)37(14-12-24-7-3-4-9-28(24)44-37)20-22-6-5-8-25(17-22)34(47)48/h3-11,17-18,21,29-31,44H,12-16,19-20H2,1-2H3,(H,41,45)(H,42,46)(H,43,51)(H,47,48)(H,49,50)/t29-,30-,37?/m0/s1. The Morgan fingerprint density at radius 2 is 1.55 bits per heavy atom. The lowest BCUT2D eigenvalue weighted by atomic mass is 9.80. The third-order valence-corrected chi connectivity index (χ3v) is 9.05. The van der Waals surface area contributed by atoms with E-state index in [1.165, 1.54) is 30.3 Å². The molecule has 1 aliphatic rings. The fraction of sp³-hybridized carbons (Fsp3) is 0.378. The van der Waals surface area contributed by atoms with Crippen molar-refractivity contribution in [2.24, 2.45) is 5.92 Å². The first-order chi connectivity index (χ1) is 24.2. The Bertz CT molecular complexity index is 1770. The van der Waals surface area contributed by atoms with Crippen molar-refractivity contribution in [3.05, 3.63) is 99.6 Å². The number of alkyl halides is 2. The normalized spacial score (nSPS) is 16.4. The van der Waals surface area contributed by atoms with Gasteiger partial charge in [-0.2, -0.15) is 0 Å². The number of carboxylic acid groups (broad SMARTS) is 2. The number of rotatable bonds is 16. The molecule has 1 heterocycles. The third-order valence-electron chi connectivity index (χ3n) is 8.70. The van der Waals surface area contributed by atoms with Crippen LogP contribution in [0.3, 0.4) is 0 Å². The summed E-state index contributed by atoms with van der Waals surface area (Å²) in [6.45, 7) is 3.61. The molecule has 14 heteroatoms. The molecule has 3 aromatic rings. The Morgan fingerprint density at radius 1 is 0.863 bits per heavy atom. The summed E-state index contributed by atoms with van der Waals surface area (Å²) in [6.07, 6.45) is -2.70. The van der Waals surface area contributed by atoms with Crippen LogP contribution in [-0.2, 0) is 33.6 Å². The van der Waals surface area contributed by atoms with Crippen molar-refractivity contribution in [2.75, 3.05) is 11.9 Å². The van der Waals surface area contributed by atoms with Gasteiger partial charge in [0.05, 0.1) is 11.1 Å². The van der Waals surface area contributed by atoms with Crippen molar-refractivity contribution in [3.8, 4) is 0 Å². The SMILES string of the molecule is CC(C)C[C@H](NC(=O)C1(Cc2cccc(C(=O)O)c2)CCc2ccccc2N1)C(=O)N[C@@H](CC(F)F)C(=O)NCCc1ccc(C(=O)O)cc1Cl. The molecule has 0 spiro atoms. The van der Waals surface area contributed by atoms with Crippen LogP contribution in [0.4, 0.5) is 14.5 Å². The van der Waals surface area contributed by atoms with Crippen molar-refractivity contribution >= 4 is 46.9 Å². The summed E-state index contributed by atoms with van der Waals surface area (Å²) in [4.78, 5) is 63.9. The Hall–Kier alpha value is -5.04. The highest BCUT2D eigenvalue weighted by atomic mass is 35.5. The third kappa shape index (κ3) is 10.5. The van der Waals surface area contributed by atoms with E-state index >= 15 is 0 Å². The van der Waals surface area contributed by atoms with Crippen LogP contribution in [0.15, 0.2) is 66.7 Å². The molecule has 272 valence electrons. The van der Waals surface area contributed by atoms with Crippen LogP contribution < -0.4 is 21.3 Å². The average Bonchev–Trinajstić information content (AvgIpc) is 3.07. The molecule has 1 aliphatic heterocycles. The number of carbonyl (C=O) groups excluding carboxylic acids is 3. The van der Waals surface area contributed by atoms with Gasteiger partial charge in [0.2, 0.25) is 24.1 Å². The van der Waals surface area contributed by atoms with Gasteiger partial charge in [0.25, 0.3) is 0 Å². The number of benzene rings is 3. The van der Waals surface area contributed by atoms with Gasteiger partial charge in [-0.25, -0.2) is 18.4 Å². The van der Waals surface area contributed by atoms with E-state index in [-0.39, 0.29) is 47.9 Å². The lowest BCUT2D eigenvalue weighted by Gasteiger charge is -2.40. The zero-order chi connectivity index (χ0) is 37.3.